The summed E-state index contributed by atoms with van der Waals surface area (Å²) >= 11 is 0. The van der Waals surface area contributed by atoms with Gasteiger partial charge in [-0.2, -0.15) is 0 Å². The van der Waals surface area contributed by atoms with Gasteiger partial charge in [-0.05, 0) is 32.9 Å². The van der Waals surface area contributed by atoms with Crippen LogP contribution in [0.25, 0.3) is 0 Å². The van der Waals surface area contributed by atoms with E-state index in [1.807, 2.05) is 18.2 Å². The molecule has 2 N–H and O–H groups in total. The number of carbonyl (C=O) groups excluding carboxylic acids is 1. The topological polar surface area (TPSA) is 41.1 Å². The minimum atomic E-state index is 0.00463. The number of rotatable bonds is 0. The van der Waals surface area contributed by atoms with Crippen LogP contribution in [0.5, 0.6) is 0 Å². The first-order chi connectivity index (χ1) is 8.66. The standard InChI is InChI=1S/C7H8.C5H11N.C3H7NO/c1-7-5-3-2-4-6-7;1-2-4-6-5-3-1;1-3(5)4-2/h2-6H,1H3;6H,1-5H2;1-2H3,(H,4,5). The van der Waals surface area contributed by atoms with Crippen molar-refractivity contribution in [3.8, 4) is 0 Å². The molecule has 0 atom stereocenters. The highest BCUT2D eigenvalue weighted by molar-refractivity contribution is 5.72. The zero-order chi connectivity index (χ0) is 13.6. The van der Waals surface area contributed by atoms with Crippen molar-refractivity contribution in [3.63, 3.8) is 0 Å². The molecule has 0 radical (unpaired) electrons. The summed E-state index contributed by atoms with van der Waals surface area (Å²) < 4.78 is 0. The fraction of sp³-hybridized carbons (Fsp3) is 0.533. The Kier molecular flexibility index (Phi) is 11.2. The molecular formula is C15H26N2O. The number of carbonyl (C=O) groups is 1. The fourth-order valence-corrected chi connectivity index (χ4v) is 1.34. The predicted octanol–water partition coefficient (Wildman–Crippen LogP) is 2.51. The van der Waals surface area contributed by atoms with Crippen LogP contribution in [-0.2, 0) is 4.79 Å². The maximum atomic E-state index is 9.70. The number of benzene rings is 1. The molecule has 1 saturated heterocycles. The van der Waals surface area contributed by atoms with Crippen molar-refractivity contribution in [2.24, 2.45) is 0 Å². The Bertz CT molecular complexity index is 283. The van der Waals surface area contributed by atoms with Crippen LogP contribution in [0.1, 0.15) is 31.7 Å². The van der Waals surface area contributed by atoms with Gasteiger partial charge in [0.15, 0.2) is 0 Å². The van der Waals surface area contributed by atoms with Crippen LogP contribution in [0.3, 0.4) is 0 Å². The molecule has 1 amide bonds. The van der Waals surface area contributed by atoms with Crippen LogP contribution in [-0.4, -0.2) is 26.0 Å². The first-order valence-electron chi connectivity index (χ1n) is 6.57. The first-order valence-corrected chi connectivity index (χ1v) is 6.57. The second-order valence-corrected chi connectivity index (χ2v) is 4.27. The van der Waals surface area contributed by atoms with Gasteiger partial charge in [0.05, 0.1) is 0 Å². The van der Waals surface area contributed by atoms with Gasteiger partial charge < -0.3 is 10.6 Å². The quantitative estimate of drug-likeness (QED) is 0.743. The molecular weight excluding hydrogens is 224 g/mol. The van der Waals surface area contributed by atoms with Crippen LogP contribution in [0.2, 0.25) is 0 Å². The van der Waals surface area contributed by atoms with E-state index in [0.717, 1.165) is 0 Å². The number of hydrogen-bond donors (Lipinski definition) is 2. The summed E-state index contributed by atoms with van der Waals surface area (Å²) in [5.41, 5.74) is 1.32. The Morgan fingerprint density at radius 1 is 1.11 bits per heavy atom. The van der Waals surface area contributed by atoms with Gasteiger partial charge in [0.1, 0.15) is 0 Å². The Morgan fingerprint density at radius 3 is 1.78 bits per heavy atom. The lowest BCUT2D eigenvalue weighted by Gasteiger charge is -2.08. The van der Waals surface area contributed by atoms with Gasteiger partial charge in [-0.15, -0.1) is 0 Å². The largest absolute Gasteiger partial charge is 0.359 e. The Balaban J connectivity index is 0.000000245. The van der Waals surface area contributed by atoms with Gasteiger partial charge in [-0.1, -0.05) is 42.3 Å². The third-order valence-electron chi connectivity index (χ3n) is 2.50. The van der Waals surface area contributed by atoms with E-state index in [9.17, 15) is 4.79 Å². The van der Waals surface area contributed by atoms with Gasteiger partial charge in [0, 0.05) is 14.0 Å². The zero-order valence-electron chi connectivity index (χ0n) is 11.8. The maximum Gasteiger partial charge on any atom is 0.216 e. The van der Waals surface area contributed by atoms with Crippen LogP contribution in [0.4, 0.5) is 0 Å². The van der Waals surface area contributed by atoms with E-state index in [0.29, 0.717) is 0 Å². The molecule has 2 rings (SSSR count). The van der Waals surface area contributed by atoms with Crippen molar-refractivity contribution >= 4 is 5.91 Å². The molecule has 0 unspecified atom stereocenters. The molecule has 0 saturated carbocycles. The van der Waals surface area contributed by atoms with E-state index in [2.05, 4.69) is 29.7 Å². The second kappa shape index (κ2) is 12.1. The summed E-state index contributed by atoms with van der Waals surface area (Å²) in [5, 5.41) is 5.67. The SMILES string of the molecule is C1CCNCC1.CNC(C)=O.Cc1ccccc1. The zero-order valence-corrected chi connectivity index (χ0v) is 11.8. The van der Waals surface area contributed by atoms with E-state index >= 15 is 0 Å². The van der Waals surface area contributed by atoms with Crippen LogP contribution in [0.15, 0.2) is 30.3 Å². The van der Waals surface area contributed by atoms with Gasteiger partial charge in [-0.25, -0.2) is 0 Å². The van der Waals surface area contributed by atoms with Crippen molar-refractivity contribution in [2.75, 3.05) is 20.1 Å². The molecule has 0 bridgehead atoms. The lowest BCUT2D eigenvalue weighted by atomic mass is 10.2. The molecule has 1 aliphatic rings. The molecule has 3 nitrogen and oxygen atoms in total. The summed E-state index contributed by atoms with van der Waals surface area (Å²) in [6, 6.07) is 10.3. The van der Waals surface area contributed by atoms with Crippen molar-refractivity contribution in [1.29, 1.82) is 0 Å². The van der Waals surface area contributed by atoms with Crippen molar-refractivity contribution in [1.82, 2.24) is 10.6 Å². The lowest BCUT2D eigenvalue weighted by molar-refractivity contribution is -0.118. The molecule has 0 aliphatic carbocycles. The molecule has 1 fully saturated rings. The number of nitrogens with one attached hydrogen (secondary N) is 2. The molecule has 102 valence electrons. The average Bonchev–Trinajstić information content (AvgIpc) is 2.43. The molecule has 1 aromatic carbocycles. The molecule has 1 heterocycles. The summed E-state index contributed by atoms with van der Waals surface area (Å²) in [7, 11) is 1.60. The molecule has 1 aromatic rings. The molecule has 0 aromatic heterocycles. The van der Waals surface area contributed by atoms with Crippen molar-refractivity contribution in [3.05, 3.63) is 35.9 Å². The van der Waals surface area contributed by atoms with Crippen molar-refractivity contribution < 1.29 is 4.79 Å². The summed E-state index contributed by atoms with van der Waals surface area (Å²) in [6.07, 6.45) is 4.22. The number of hydrogen-bond acceptors (Lipinski definition) is 2. The summed E-state index contributed by atoms with van der Waals surface area (Å²) in [6.45, 7) is 6.06. The maximum absolute atomic E-state index is 9.70. The van der Waals surface area contributed by atoms with Crippen LogP contribution < -0.4 is 10.6 Å². The van der Waals surface area contributed by atoms with Gasteiger partial charge in [0.2, 0.25) is 5.91 Å². The summed E-state index contributed by atoms with van der Waals surface area (Å²) in [5.74, 6) is 0.00463. The normalized spacial score (nSPS) is 13.3. The fourth-order valence-electron chi connectivity index (χ4n) is 1.34. The van der Waals surface area contributed by atoms with Gasteiger partial charge >= 0.3 is 0 Å². The average molecular weight is 250 g/mol. The third kappa shape index (κ3) is 12.7. The minimum absolute atomic E-state index is 0.00463. The number of piperidine rings is 1. The van der Waals surface area contributed by atoms with E-state index in [4.69, 9.17) is 0 Å². The molecule has 0 spiro atoms. The van der Waals surface area contributed by atoms with Gasteiger partial charge in [0.25, 0.3) is 0 Å². The number of amides is 1. The Labute approximate surface area is 111 Å². The predicted molar refractivity (Wildman–Crippen MR) is 77.6 cm³/mol. The highest BCUT2D eigenvalue weighted by Gasteiger charge is 1.93. The van der Waals surface area contributed by atoms with Crippen LogP contribution in [0, 0.1) is 6.92 Å². The minimum Gasteiger partial charge on any atom is -0.359 e. The highest BCUT2D eigenvalue weighted by atomic mass is 16.1. The Morgan fingerprint density at radius 2 is 1.61 bits per heavy atom. The second-order valence-electron chi connectivity index (χ2n) is 4.27. The van der Waals surface area contributed by atoms with E-state index in [1.54, 1.807) is 7.05 Å². The van der Waals surface area contributed by atoms with E-state index < -0.39 is 0 Å². The van der Waals surface area contributed by atoms with E-state index in [-0.39, 0.29) is 5.91 Å². The highest BCUT2D eigenvalue weighted by Crippen LogP contribution is 1.96. The molecule has 1 aliphatic heterocycles. The molecule has 18 heavy (non-hydrogen) atoms. The number of aryl methyl sites for hydroxylation is 1. The Hall–Kier alpha value is -1.35. The summed E-state index contributed by atoms with van der Waals surface area (Å²) in [4.78, 5) is 9.70. The smallest absolute Gasteiger partial charge is 0.216 e. The third-order valence-corrected chi connectivity index (χ3v) is 2.50. The molecule has 3 heteroatoms. The van der Waals surface area contributed by atoms with Gasteiger partial charge in [-0.3, -0.25) is 4.79 Å². The van der Waals surface area contributed by atoms with Crippen LogP contribution >= 0.6 is 0 Å². The van der Waals surface area contributed by atoms with Crippen molar-refractivity contribution in [2.45, 2.75) is 33.1 Å². The monoisotopic (exact) mass is 250 g/mol. The van der Waals surface area contributed by atoms with E-state index in [1.165, 1.54) is 44.8 Å². The lowest BCUT2D eigenvalue weighted by Crippen LogP contribution is -2.21. The first kappa shape index (κ1) is 16.6.